The molecular formula is C17H23F3N2O4. The zero-order valence-electron chi connectivity index (χ0n) is 15.0. The molecule has 0 aliphatic carbocycles. The second-order valence-electron chi connectivity index (χ2n) is 6.06. The van der Waals surface area contributed by atoms with Gasteiger partial charge in [0.25, 0.3) is 5.91 Å². The first-order valence-corrected chi connectivity index (χ1v) is 7.94. The van der Waals surface area contributed by atoms with Crippen molar-refractivity contribution in [3.05, 3.63) is 24.3 Å². The van der Waals surface area contributed by atoms with E-state index in [0.717, 1.165) is 7.11 Å². The molecule has 0 bridgehead atoms. The molecule has 0 spiro atoms. The zero-order chi connectivity index (χ0) is 19.9. The Morgan fingerprint density at radius 2 is 1.69 bits per heavy atom. The lowest BCUT2D eigenvalue weighted by Gasteiger charge is -2.25. The average molecular weight is 376 g/mol. The van der Waals surface area contributed by atoms with E-state index in [1.165, 1.54) is 31.4 Å². The van der Waals surface area contributed by atoms with E-state index in [-0.39, 0.29) is 18.0 Å². The Balaban J connectivity index is 2.96. The maximum Gasteiger partial charge on any atom is 0.417 e. The molecule has 6 nitrogen and oxygen atoms in total. The van der Waals surface area contributed by atoms with Gasteiger partial charge in [-0.25, -0.2) is 4.79 Å². The average Bonchev–Trinajstić information content (AvgIpc) is 2.57. The van der Waals surface area contributed by atoms with Crippen molar-refractivity contribution < 1.29 is 32.2 Å². The molecule has 0 saturated heterocycles. The quantitative estimate of drug-likeness (QED) is 0.683. The smallest absolute Gasteiger partial charge is 0.417 e. The molecule has 0 aromatic heterocycles. The number of anilines is 1. The number of esters is 1. The van der Waals surface area contributed by atoms with Crippen molar-refractivity contribution in [1.29, 1.82) is 0 Å². The number of methoxy groups -OCH3 is 2. The van der Waals surface area contributed by atoms with Gasteiger partial charge in [-0.3, -0.25) is 4.79 Å². The molecule has 0 saturated carbocycles. The van der Waals surface area contributed by atoms with Crippen molar-refractivity contribution in [2.24, 2.45) is 5.92 Å². The summed E-state index contributed by atoms with van der Waals surface area (Å²) >= 11 is 0. The molecule has 2 N–H and O–H groups in total. The van der Waals surface area contributed by atoms with Gasteiger partial charge >= 0.3 is 12.1 Å². The van der Waals surface area contributed by atoms with Gasteiger partial charge < -0.3 is 20.1 Å². The monoisotopic (exact) mass is 376 g/mol. The highest BCUT2D eigenvalue weighted by molar-refractivity contribution is 5.90. The Labute approximate surface area is 150 Å². The SMILES string of the molecule is COC(=O)[C@H](CC(C)C)NC(=O)C(Nc1ccc(OC)cc1)C(F)(F)F. The van der Waals surface area contributed by atoms with Crippen LogP contribution in [0.4, 0.5) is 18.9 Å². The van der Waals surface area contributed by atoms with E-state index in [0.29, 0.717) is 5.75 Å². The molecule has 0 aliphatic heterocycles. The number of nitrogens with one attached hydrogen (secondary N) is 2. The first kappa shape index (κ1) is 21.6. The molecule has 1 aromatic rings. The number of carbonyl (C=O) groups is 2. The lowest BCUT2D eigenvalue weighted by molar-refractivity contribution is -0.162. The first-order chi connectivity index (χ1) is 12.1. The van der Waals surface area contributed by atoms with Gasteiger partial charge in [0.1, 0.15) is 11.8 Å². The Morgan fingerprint density at radius 3 is 2.12 bits per heavy atom. The summed E-state index contributed by atoms with van der Waals surface area (Å²) in [5.74, 6) is -1.72. The number of halogens is 3. The van der Waals surface area contributed by atoms with Crippen molar-refractivity contribution in [3.8, 4) is 5.75 Å². The number of alkyl halides is 3. The summed E-state index contributed by atoms with van der Waals surface area (Å²) < 4.78 is 49.5. The fraction of sp³-hybridized carbons (Fsp3) is 0.529. The van der Waals surface area contributed by atoms with Crippen LogP contribution in [0.3, 0.4) is 0 Å². The van der Waals surface area contributed by atoms with Crippen LogP contribution < -0.4 is 15.4 Å². The van der Waals surface area contributed by atoms with Crippen LogP contribution >= 0.6 is 0 Å². The highest BCUT2D eigenvalue weighted by Gasteiger charge is 2.46. The Hall–Kier alpha value is -2.45. The second-order valence-corrected chi connectivity index (χ2v) is 6.06. The van der Waals surface area contributed by atoms with Gasteiger partial charge in [-0.1, -0.05) is 13.8 Å². The van der Waals surface area contributed by atoms with E-state index in [1.807, 2.05) is 0 Å². The summed E-state index contributed by atoms with van der Waals surface area (Å²) in [6, 6.07) is 1.96. The molecule has 0 radical (unpaired) electrons. The van der Waals surface area contributed by atoms with E-state index in [9.17, 15) is 22.8 Å². The Morgan fingerprint density at radius 1 is 1.12 bits per heavy atom. The number of benzene rings is 1. The van der Waals surface area contributed by atoms with Crippen molar-refractivity contribution >= 4 is 17.6 Å². The van der Waals surface area contributed by atoms with E-state index >= 15 is 0 Å². The summed E-state index contributed by atoms with van der Waals surface area (Å²) in [4.78, 5) is 23.9. The van der Waals surface area contributed by atoms with E-state index in [4.69, 9.17) is 4.74 Å². The van der Waals surface area contributed by atoms with Crippen LogP contribution in [-0.4, -0.2) is 44.4 Å². The number of hydrogen-bond acceptors (Lipinski definition) is 5. The van der Waals surface area contributed by atoms with E-state index < -0.39 is 30.1 Å². The largest absolute Gasteiger partial charge is 0.497 e. The van der Waals surface area contributed by atoms with Crippen LogP contribution in [0.5, 0.6) is 5.75 Å². The summed E-state index contributed by atoms with van der Waals surface area (Å²) in [6.07, 6.45) is -4.70. The van der Waals surface area contributed by atoms with E-state index in [1.54, 1.807) is 13.8 Å². The lowest BCUT2D eigenvalue weighted by Crippen LogP contribution is -2.53. The maximum atomic E-state index is 13.3. The third kappa shape index (κ3) is 6.45. The van der Waals surface area contributed by atoms with Gasteiger partial charge in [-0.15, -0.1) is 0 Å². The third-order valence-electron chi connectivity index (χ3n) is 3.50. The second kappa shape index (κ2) is 9.30. The highest BCUT2D eigenvalue weighted by Crippen LogP contribution is 2.25. The molecular weight excluding hydrogens is 353 g/mol. The summed E-state index contributed by atoms with van der Waals surface area (Å²) in [5, 5.41) is 4.27. The summed E-state index contributed by atoms with van der Waals surface area (Å²) in [7, 11) is 2.54. The zero-order valence-corrected chi connectivity index (χ0v) is 15.0. The van der Waals surface area contributed by atoms with Crippen molar-refractivity contribution in [3.63, 3.8) is 0 Å². The van der Waals surface area contributed by atoms with Gasteiger partial charge in [0, 0.05) is 5.69 Å². The molecule has 9 heteroatoms. The Kier molecular flexibility index (Phi) is 7.73. The molecule has 1 amide bonds. The number of ether oxygens (including phenoxy) is 2. The Bertz CT molecular complexity index is 603. The predicted octanol–water partition coefficient (Wildman–Crippen LogP) is 2.74. The minimum atomic E-state index is -4.86. The normalized spacial score (nSPS) is 13.7. The molecule has 1 unspecified atom stereocenters. The standard InChI is InChI=1S/C17H23F3N2O4/c1-10(2)9-13(16(24)26-4)22-15(23)14(17(18,19)20)21-11-5-7-12(25-3)8-6-11/h5-8,10,13-14,21H,9H2,1-4H3,(H,22,23)/t13-,14?/m0/s1. The van der Waals surface area contributed by atoms with Gasteiger partial charge in [0.15, 0.2) is 0 Å². The molecule has 26 heavy (non-hydrogen) atoms. The molecule has 1 aromatic carbocycles. The predicted molar refractivity (Wildman–Crippen MR) is 89.9 cm³/mol. The van der Waals surface area contributed by atoms with Crippen LogP contribution in [-0.2, 0) is 14.3 Å². The summed E-state index contributed by atoms with van der Waals surface area (Å²) in [5.41, 5.74) is 0.0850. The van der Waals surface area contributed by atoms with Gasteiger partial charge in [-0.2, -0.15) is 13.2 Å². The molecule has 0 aliphatic rings. The maximum absolute atomic E-state index is 13.3. The van der Waals surface area contributed by atoms with Crippen molar-refractivity contribution in [2.45, 2.75) is 38.5 Å². The topological polar surface area (TPSA) is 76.7 Å². The van der Waals surface area contributed by atoms with Crippen LogP contribution in [0.1, 0.15) is 20.3 Å². The van der Waals surface area contributed by atoms with Crippen LogP contribution in [0, 0.1) is 5.92 Å². The highest BCUT2D eigenvalue weighted by atomic mass is 19.4. The number of amides is 1. The van der Waals surface area contributed by atoms with Gasteiger partial charge in [-0.05, 0) is 36.6 Å². The van der Waals surface area contributed by atoms with Gasteiger partial charge in [0.05, 0.1) is 14.2 Å². The number of carbonyl (C=O) groups excluding carboxylic acids is 2. The van der Waals surface area contributed by atoms with Crippen LogP contribution in [0.2, 0.25) is 0 Å². The first-order valence-electron chi connectivity index (χ1n) is 7.94. The number of rotatable bonds is 8. The van der Waals surface area contributed by atoms with Crippen molar-refractivity contribution in [2.75, 3.05) is 19.5 Å². The van der Waals surface area contributed by atoms with Gasteiger partial charge in [0.2, 0.25) is 6.04 Å². The minimum Gasteiger partial charge on any atom is -0.497 e. The molecule has 0 fully saturated rings. The molecule has 1 rings (SSSR count). The molecule has 146 valence electrons. The van der Waals surface area contributed by atoms with Crippen LogP contribution in [0.25, 0.3) is 0 Å². The van der Waals surface area contributed by atoms with E-state index in [2.05, 4.69) is 15.4 Å². The van der Waals surface area contributed by atoms with Crippen molar-refractivity contribution in [1.82, 2.24) is 5.32 Å². The fourth-order valence-corrected chi connectivity index (χ4v) is 2.23. The molecule has 0 heterocycles. The third-order valence-corrected chi connectivity index (χ3v) is 3.50. The lowest BCUT2D eigenvalue weighted by atomic mass is 10.0. The minimum absolute atomic E-state index is 0.0294. The van der Waals surface area contributed by atoms with Crippen LogP contribution in [0.15, 0.2) is 24.3 Å². The fourth-order valence-electron chi connectivity index (χ4n) is 2.23. The summed E-state index contributed by atoms with van der Waals surface area (Å²) in [6.45, 7) is 3.55. The number of hydrogen-bond donors (Lipinski definition) is 2. The molecule has 2 atom stereocenters.